The molecule has 0 aromatic carbocycles. The number of methoxy groups -OCH3 is 1. The molecule has 2 rings (SSSR count). The number of pyridine rings is 1. The van der Waals surface area contributed by atoms with Crippen LogP contribution in [0.1, 0.15) is 12.6 Å². The molecule has 10 nitrogen and oxygen atoms in total. The van der Waals surface area contributed by atoms with Crippen LogP contribution in [0.5, 0.6) is 11.5 Å². The van der Waals surface area contributed by atoms with Gasteiger partial charge >= 0.3 is 0 Å². The molecule has 0 bridgehead atoms. The normalized spacial score (nSPS) is 19.0. The third kappa shape index (κ3) is 5.54. The zero-order valence-electron chi connectivity index (χ0n) is 16.3. The van der Waals surface area contributed by atoms with Crippen LogP contribution < -0.4 is 9.84 Å². The summed E-state index contributed by atoms with van der Waals surface area (Å²) in [6.07, 6.45) is 1.46. The van der Waals surface area contributed by atoms with Crippen molar-refractivity contribution in [2.45, 2.75) is 12.5 Å². The van der Waals surface area contributed by atoms with Gasteiger partial charge in [0.25, 0.3) is 0 Å². The van der Waals surface area contributed by atoms with Crippen molar-refractivity contribution in [3.8, 4) is 11.5 Å². The van der Waals surface area contributed by atoms with Crippen molar-refractivity contribution in [1.29, 1.82) is 0 Å². The lowest BCUT2D eigenvalue weighted by atomic mass is 10.1. The van der Waals surface area contributed by atoms with Gasteiger partial charge < -0.3 is 38.9 Å². The summed E-state index contributed by atoms with van der Waals surface area (Å²) < 4.78 is 21.1. The van der Waals surface area contributed by atoms with Gasteiger partial charge in [-0.3, -0.25) is 4.99 Å². The summed E-state index contributed by atoms with van der Waals surface area (Å²) in [4.78, 5) is 21.2. The number of carboxylic acid groups (broad SMARTS) is 1. The Kier molecular flexibility index (Phi) is 7.97. The number of carbonyl (C=O) groups is 1. The van der Waals surface area contributed by atoms with Crippen molar-refractivity contribution >= 4 is 11.8 Å². The highest BCUT2D eigenvalue weighted by molar-refractivity contribution is 6.03. The van der Waals surface area contributed by atoms with E-state index < -0.39 is 11.5 Å². The molecule has 0 unspecified atom stereocenters. The number of ether oxygens (including phenoxy) is 4. The average molecular weight is 396 g/mol. The molecule has 0 radical (unpaired) electrons. The monoisotopic (exact) mass is 396 g/mol. The number of hydrogen-bond donors (Lipinski definition) is 1. The van der Waals surface area contributed by atoms with Crippen LogP contribution in [0.15, 0.2) is 17.3 Å². The number of aromatic nitrogens is 1. The molecule has 1 atom stereocenters. The Hall–Kier alpha value is -2.43. The molecule has 10 heteroatoms. The second-order valence-corrected chi connectivity index (χ2v) is 6.43. The molecule has 1 aromatic rings. The summed E-state index contributed by atoms with van der Waals surface area (Å²) in [5.41, 5.74) is -1.24. The molecule has 2 heterocycles. The molecule has 0 spiro atoms. The molecule has 0 saturated carbocycles. The zero-order chi connectivity index (χ0) is 20.6. The van der Waals surface area contributed by atoms with Crippen LogP contribution in [0.4, 0.5) is 0 Å². The third-order valence-corrected chi connectivity index (χ3v) is 4.09. The van der Waals surface area contributed by atoms with Gasteiger partial charge in [-0.25, -0.2) is 4.98 Å². The third-order valence-electron chi connectivity index (χ3n) is 4.09. The molecular formula is C18H26N3O7-. The lowest BCUT2D eigenvalue weighted by molar-refractivity contribution is -0.312. The Bertz CT molecular complexity index is 698. The largest absolute Gasteiger partial charge is 0.547 e. The number of carbonyl (C=O) groups excluding carboxylic acids is 1. The van der Waals surface area contributed by atoms with Gasteiger partial charge in [0.05, 0.1) is 39.0 Å². The smallest absolute Gasteiger partial charge is 0.187 e. The summed E-state index contributed by atoms with van der Waals surface area (Å²) >= 11 is 0. The van der Waals surface area contributed by atoms with E-state index in [1.54, 1.807) is 19.1 Å². The van der Waals surface area contributed by atoms with E-state index in [1.807, 2.05) is 0 Å². The van der Waals surface area contributed by atoms with Gasteiger partial charge in [0.15, 0.2) is 23.0 Å². The number of hydrogen-bond acceptors (Lipinski definition) is 10. The van der Waals surface area contributed by atoms with Crippen molar-refractivity contribution in [1.82, 2.24) is 9.88 Å². The van der Waals surface area contributed by atoms with Crippen molar-refractivity contribution in [2.24, 2.45) is 4.99 Å². The molecule has 0 amide bonds. The van der Waals surface area contributed by atoms with Gasteiger partial charge in [-0.1, -0.05) is 0 Å². The van der Waals surface area contributed by atoms with E-state index in [0.29, 0.717) is 33.0 Å². The fraction of sp³-hybridized carbons (Fsp3) is 0.611. The van der Waals surface area contributed by atoms with E-state index in [2.05, 4.69) is 9.98 Å². The molecule has 28 heavy (non-hydrogen) atoms. The highest BCUT2D eigenvalue weighted by atomic mass is 16.6. The molecule has 0 fully saturated rings. The van der Waals surface area contributed by atoms with Crippen molar-refractivity contribution < 1.29 is 34.0 Å². The summed E-state index contributed by atoms with van der Waals surface area (Å²) in [6, 6.07) is 1.51. The molecule has 1 aromatic heterocycles. The van der Waals surface area contributed by atoms with Crippen molar-refractivity contribution in [3.05, 3.63) is 18.0 Å². The first-order valence-electron chi connectivity index (χ1n) is 8.87. The van der Waals surface area contributed by atoms with Gasteiger partial charge in [0.2, 0.25) is 0 Å². The SMILES string of the molecule is COCCOCCOCCOc1ccnc(C2=N[C@@](C)(C(=O)[O-])CN2C)c1O. The maximum absolute atomic E-state index is 11.3. The van der Waals surface area contributed by atoms with Crippen LogP contribution in [0, 0.1) is 0 Å². The Morgan fingerprint density at radius 1 is 1.25 bits per heavy atom. The molecule has 1 aliphatic heterocycles. The minimum absolute atomic E-state index is 0.122. The molecule has 0 aliphatic carbocycles. The number of likely N-dealkylation sites (N-methyl/N-ethyl adjacent to an activating group) is 1. The molecule has 1 N–H and O–H groups in total. The number of rotatable bonds is 12. The predicted octanol–water partition coefficient (Wildman–Crippen LogP) is -0.954. The maximum atomic E-state index is 11.3. The van der Waals surface area contributed by atoms with Gasteiger partial charge in [-0.2, -0.15) is 0 Å². The fourth-order valence-corrected chi connectivity index (χ4v) is 2.63. The minimum Gasteiger partial charge on any atom is -0.547 e. The van der Waals surface area contributed by atoms with Crippen LogP contribution in [-0.4, -0.2) is 92.7 Å². The van der Waals surface area contributed by atoms with Crippen LogP contribution in [-0.2, 0) is 19.0 Å². The minimum atomic E-state index is -1.39. The quantitative estimate of drug-likeness (QED) is 0.445. The predicted molar refractivity (Wildman–Crippen MR) is 97.5 cm³/mol. The molecular weight excluding hydrogens is 370 g/mol. The number of aliphatic carboxylic acids is 1. The topological polar surface area (TPSA) is 126 Å². The molecule has 1 aliphatic rings. The van der Waals surface area contributed by atoms with Gasteiger partial charge in [-0.15, -0.1) is 0 Å². The number of carboxylic acids is 1. The Balaban J connectivity index is 1.89. The van der Waals surface area contributed by atoms with Gasteiger partial charge in [0.1, 0.15) is 12.1 Å². The van der Waals surface area contributed by atoms with E-state index in [0.717, 1.165) is 0 Å². The van der Waals surface area contributed by atoms with Crippen molar-refractivity contribution in [2.75, 3.05) is 60.3 Å². The first-order valence-corrected chi connectivity index (χ1v) is 8.87. The van der Waals surface area contributed by atoms with Gasteiger partial charge in [-0.05, 0) is 6.92 Å². The van der Waals surface area contributed by atoms with Crippen LogP contribution >= 0.6 is 0 Å². The second kappa shape index (κ2) is 10.2. The highest BCUT2D eigenvalue weighted by Gasteiger charge is 2.37. The standard InChI is InChI=1S/C18H27N3O7/c1-18(17(23)24)12-21(2)16(20-18)14-15(22)13(4-5-19-14)28-11-10-27-9-8-26-7-6-25-3/h4-5,22H,6-12H2,1-3H3,(H,23,24)/p-1/t18-/m1/s1. The lowest BCUT2D eigenvalue weighted by Gasteiger charge is -2.22. The Labute approximate surface area is 163 Å². The maximum Gasteiger partial charge on any atom is 0.187 e. The zero-order valence-corrected chi connectivity index (χ0v) is 16.3. The fourth-order valence-electron chi connectivity index (χ4n) is 2.63. The number of amidine groups is 1. The van der Waals surface area contributed by atoms with E-state index in [1.165, 1.54) is 19.2 Å². The lowest BCUT2D eigenvalue weighted by Crippen LogP contribution is -2.47. The van der Waals surface area contributed by atoms with E-state index in [-0.39, 0.29) is 36.2 Å². The van der Waals surface area contributed by atoms with E-state index >= 15 is 0 Å². The Morgan fingerprint density at radius 2 is 1.89 bits per heavy atom. The number of nitrogens with zero attached hydrogens (tertiary/aromatic N) is 3. The average Bonchev–Trinajstić information content (AvgIpc) is 2.97. The summed E-state index contributed by atoms with van der Waals surface area (Å²) in [6.45, 7) is 4.04. The van der Waals surface area contributed by atoms with E-state index in [4.69, 9.17) is 18.9 Å². The number of aliphatic imine (C=N–C) groups is 1. The van der Waals surface area contributed by atoms with Crippen molar-refractivity contribution in [3.63, 3.8) is 0 Å². The summed E-state index contributed by atoms with van der Waals surface area (Å²) in [7, 11) is 3.28. The highest BCUT2D eigenvalue weighted by Crippen LogP contribution is 2.32. The second-order valence-electron chi connectivity index (χ2n) is 6.43. The van der Waals surface area contributed by atoms with Crippen LogP contribution in [0.3, 0.4) is 0 Å². The Morgan fingerprint density at radius 3 is 2.50 bits per heavy atom. The van der Waals surface area contributed by atoms with E-state index in [9.17, 15) is 15.0 Å². The van der Waals surface area contributed by atoms with Crippen LogP contribution in [0.25, 0.3) is 0 Å². The number of aromatic hydroxyl groups is 1. The first-order chi connectivity index (χ1) is 13.4. The summed E-state index contributed by atoms with van der Waals surface area (Å²) in [5.74, 6) is -1.02. The first kappa shape index (κ1) is 21.9. The van der Waals surface area contributed by atoms with Gasteiger partial charge in [0, 0.05) is 33.0 Å². The summed E-state index contributed by atoms with van der Waals surface area (Å²) in [5, 5.41) is 21.8. The van der Waals surface area contributed by atoms with Crippen LogP contribution in [0.2, 0.25) is 0 Å². The molecule has 0 saturated heterocycles. The molecule has 156 valence electrons.